The molecule has 0 aliphatic carbocycles. The summed E-state index contributed by atoms with van der Waals surface area (Å²) in [6.07, 6.45) is -0.623. The number of alkyl carbamates (subject to hydrolysis) is 1. The van der Waals surface area contributed by atoms with Crippen LogP contribution in [-0.2, 0) is 4.74 Å². The molecule has 2 heterocycles. The number of thiophene rings is 1. The molecule has 1 unspecified atom stereocenters. The van der Waals surface area contributed by atoms with Gasteiger partial charge < -0.3 is 19.5 Å². The van der Waals surface area contributed by atoms with Crippen LogP contribution in [0.3, 0.4) is 0 Å². The summed E-state index contributed by atoms with van der Waals surface area (Å²) in [4.78, 5) is 11.5. The highest BCUT2D eigenvalue weighted by Gasteiger charge is 2.23. The third-order valence-electron chi connectivity index (χ3n) is 2.18. The summed E-state index contributed by atoms with van der Waals surface area (Å²) in [6, 6.07) is 0. The molecule has 2 rings (SSSR count). The number of ether oxygens (including phenoxy) is 3. The van der Waals surface area contributed by atoms with Crippen molar-refractivity contribution < 1.29 is 19.0 Å². The van der Waals surface area contributed by atoms with E-state index in [1.807, 2.05) is 31.5 Å². The van der Waals surface area contributed by atoms with Gasteiger partial charge in [-0.05, 0) is 20.8 Å². The second kappa shape index (κ2) is 5.06. The van der Waals surface area contributed by atoms with Gasteiger partial charge in [0.05, 0.1) is 6.54 Å². The van der Waals surface area contributed by atoms with Crippen LogP contribution < -0.4 is 14.8 Å². The number of hydrogen-bond acceptors (Lipinski definition) is 5. The molecule has 0 aromatic carbocycles. The lowest BCUT2D eigenvalue weighted by molar-refractivity contribution is 0.0454. The predicted molar refractivity (Wildman–Crippen MR) is 68.5 cm³/mol. The van der Waals surface area contributed by atoms with Crippen LogP contribution in [0.1, 0.15) is 20.8 Å². The van der Waals surface area contributed by atoms with Crippen LogP contribution in [0.25, 0.3) is 0 Å². The summed E-state index contributed by atoms with van der Waals surface area (Å²) in [5.74, 6) is 1.51. The zero-order valence-corrected chi connectivity index (χ0v) is 11.5. The van der Waals surface area contributed by atoms with Crippen molar-refractivity contribution in [1.82, 2.24) is 5.32 Å². The molecule has 0 saturated carbocycles. The highest BCUT2D eigenvalue weighted by atomic mass is 32.1. The lowest BCUT2D eigenvalue weighted by Gasteiger charge is -2.25. The Hall–Kier alpha value is -1.43. The van der Waals surface area contributed by atoms with E-state index in [1.54, 1.807) is 0 Å². The highest BCUT2D eigenvalue weighted by molar-refractivity contribution is 7.08. The molecule has 1 N–H and O–H groups in total. The molecule has 1 aliphatic rings. The number of amides is 1. The minimum Gasteiger partial charge on any atom is -0.485 e. The van der Waals surface area contributed by atoms with E-state index in [0.29, 0.717) is 13.2 Å². The van der Waals surface area contributed by atoms with Crippen molar-refractivity contribution in [2.24, 2.45) is 0 Å². The molecule has 1 aromatic rings. The average molecular weight is 271 g/mol. The van der Waals surface area contributed by atoms with E-state index in [1.165, 1.54) is 11.3 Å². The first-order chi connectivity index (χ1) is 8.44. The van der Waals surface area contributed by atoms with E-state index in [2.05, 4.69) is 5.32 Å². The van der Waals surface area contributed by atoms with Crippen LogP contribution in [0.2, 0.25) is 0 Å². The molecule has 0 saturated heterocycles. The summed E-state index contributed by atoms with van der Waals surface area (Å²) >= 11 is 1.53. The summed E-state index contributed by atoms with van der Waals surface area (Å²) in [7, 11) is 0. The van der Waals surface area contributed by atoms with E-state index in [0.717, 1.165) is 11.5 Å². The topological polar surface area (TPSA) is 56.8 Å². The molecule has 1 amide bonds. The number of hydrogen-bond donors (Lipinski definition) is 1. The van der Waals surface area contributed by atoms with Crippen LogP contribution in [0, 0.1) is 0 Å². The standard InChI is InChI=1S/C12H17NO4S/c1-12(2,3)17-11(14)13-4-8-5-15-9-6-18-7-10(9)16-8/h6-8H,4-5H2,1-3H3,(H,13,14). The SMILES string of the molecule is CC(C)(C)OC(=O)NCC1COc2cscc2O1. The van der Waals surface area contributed by atoms with Gasteiger partial charge in [-0.3, -0.25) is 0 Å². The van der Waals surface area contributed by atoms with Gasteiger partial charge >= 0.3 is 6.09 Å². The summed E-state index contributed by atoms with van der Waals surface area (Å²) in [5.41, 5.74) is -0.492. The average Bonchev–Trinajstić information content (AvgIpc) is 2.71. The maximum Gasteiger partial charge on any atom is 0.407 e. The van der Waals surface area contributed by atoms with Gasteiger partial charge in [-0.15, -0.1) is 11.3 Å². The fourth-order valence-electron chi connectivity index (χ4n) is 1.47. The molecular formula is C12H17NO4S. The smallest absolute Gasteiger partial charge is 0.407 e. The Morgan fingerprint density at radius 2 is 2.22 bits per heavy atom. The molecule has 5 nitrogen and oxygen atoms in total. The van der Waals surface area contributed by atoms with Crippen molar-refractivity contribution in [3.05, 3.63) is 10.8 Å². The largest absolute Gasteiger partial charge is 0.485 e. The number of carbonyl (C=O) groups excluding carboxylic acids is 1. The molecular weight excluding hydrogens is 254 g/mol. The van der Waals surface area contributed by atoms with Crippen LogP contribution in [-0.4, -0.2) is 30.9 Å². The van der Waals surface area contributed by atoms with Gasteiger partial charge in [0.1, 0.15) is 12.2 Å². The van der Waals surface area contributed by atoms with Gasteiger partial charge in [0.15, 0.2) is 17.6 Å². The molecule has 6 heteroatoms. The van der Waals surface area contributed by atoms with Crippen LogP contribution >= 0.6 is 11.3 Å². The van der Waals surface area contributed by atoms with Gasteiger partial charge in [-0.2, -0.15) is 0 Å². The molecule has 100 valence electrons. The second-order valence-electron chi connectivity index (χ2n) is 5.03. The molecule has 0 radical (unpaired) electrons. The van der Waals surface area contributed by atoms with E-state index in [4.69, 9.17) is 14.2 Å². The van der Waals surface area contributed by atoms with Gasteiger partial charge in [0.2, 0.25) is 0 Å². The van der Waals surface area contributed by atoms with E-state index in [9.17, 15) is 4.79 Å². The van der Waals surface area contributed by atoms with E-state index in [-0.39, 0.29) is 6.10 Å². The minimum atomic E-state index is -0.492. The Morgan fingerprint density at radius 1 is 1.50 bits per heavy atom. The van der Waals surface area contributed by atoms with E-state index < -0.39 is 11.7 Å². The molecule has 1 aromatic heterocycles. The minimum absolute atomic E-state index is 0.181. The summed E-state index contributed by atoms with van der Waals surface area (Å²) < 4.78 is 16.3. The van der Waals surface area contributed by atoms with Gasteiger partial charge in [0, 0.05) is 10.8 Å². The first-order valence-corrected chi connectivity index (χ1v) is 6.71. The Kier molecular flexibility index (Phi) is 3.65. The molecule has 0 fully saturated rings. The quantitative estimate of drug-likeness (QED) is 0.897. The maximum absolute atomic E-state index is 11.5. The monoisotopic (exact) mass is 271 g/mol. The molecule has 18 heavy (non-hydrogen) atoms. The fraction of sp³-hybridized carbons (Fsp3) is 0.583. The van der Waals surface area contributed by atoms with Gasteiger partial charge in [0.25, 0.3) is 0 Å². The Labute approximate surface area is 110 Å². The van der Waals surface area contributed by atoms with Crippen molar-refractivity contribution in [2.75, 3.05) is 13.2 Å². The molecule has 0 spiro atoms. The van der Waals surface area contributed by atoms with E-state index >= 15 is 0 Å². The van der Waals surface area contributed by atoms with Gasteiger partial charge in [-0.1, -0.05) is 0 Å². The maximum atomic E-state index is 11.5. The summed E-state index contributed by atoms with van der Waals surface area (Å²) in [6.45, 7) is 6.27. The lowest BCUT2D eigenvalue weighted by Crippen LogP contribution is -2.42. The predicted octanol–water partition coefficient (Wildman–Crippen LogP) is 2.41. The fourth-order valence-corrected chi connectivity index (χ4v) is 2.14. The third-order valence-corrected chi connectivity index (χ3v) is 2.88. The van der Waals surface area contributed by atoms with Crippen molar-refractivity contribution in [3.8, 4) is 11.5 Å². The van der Waals surface area contributed by atoms with Crippen molar-refractivity contribution in [1.29, 1.82) is 0 Å². The molecule has 1 aliphatic heterocycles. The number of fused-ring (bicyclic) bond motifs is 1. The zero-order chi connectivity index (χ0) is 13.2. The zero-order valence-electron chi connectivity index (χ0n) is 10.7. The van der Waals surface area contributed by atoms with Gasteiger partial charge in [-0.25, -0.2) is 4.79 Å². The first-order valence-electron chi connectivity index (χ1n) is 5.76. The summed E-state index contributed by atoms with van der Waals surface area (Å²) in [5, 5.41) is 6.45. The second-order valence-corrected chi connectivity index (χ2v) is 5.78. The first kappa shape index (κ1) is 13.0. The van der Waals surface area contributed by atoms with Crippen LogP contribution in [0.5, 0.6) is 11.5 Å². The lowest BCUT2D eigenvalue weighted by atomic mass is 10.2. The van der Waals surface area contributed by atoms with Crippen molar-refractivity contribution in [3.63, 3.8) is 0 Å². The van der Waals surface area contributed by atoms with Crippen molar-refractivity contribution >= 4 is 17.4 Å². The number of carbonyl (C=O) groups is 1. The number of nitrogens with one attached hydrogen (secondary N) is 1. The van der Waals surface area contributed by atoms with Crippen LogP contribution in [0.4, 0.5) is 4.79 Å². The normalized spacial score (nSPS) is 18.3. The number of rotatable bonds is 2. The third kappa shape index (κ3) is 3.53. The van der Waals surface area contributed by atoms with Crippen molar-refractivity contribution in [2.45, 2.75) is 32.5 Å². The Bertz CT molecular complexity index is 424. The Balaban J connectivity index is 1.77. The molecule has 1 atom stereocenters. The van der Waals surface area contributed by atoms with Crippen LogP contribution in [0.15, 0.2) is 10.8 Å². The molecule has 0 bridgehead atoms. The highest BCUT2D eigenvalue weighted by Crippen LogP contribution is 2.35. The Morgan fingerprint density at radius 3 is 2.94 bits per heavy atom.